The molecule has 1 atom stereocenters. The van der Waals surface area contributed by atoms with E-state index < -0.39 is 0 Å². The van der Waals surface area contributed by atoms with Gasteiger partial charge in [-0.15, -0.1) is 0 Å². The summed E-state index contributed by atoms with van der Waals surface area (Å²) in [5.41, 5.74) is 5.69. The predicted octanol–water partition coefficient (Wildman–Crippen LogP) is 1.64. The van der Waals surface area contributed by atoms with Crippen LogP contribution in [0.3, 0.4) is 0 Å². The Hall–Kier alpha value is -0.950. The molecular formula is C10H18N4OS2. The molecule has 1 heterocycles. The van der Waals surface area contributed by atoms with Gasteiger partial charge >= 0.3 is 0 Å². The van der Waals surface area contributed by atoms with Gasteiger partial charge in [0.15, 0.2) is 5.13 Å². The van der Waals surface area contributed by atoms with Crippen molar-refractivity contribution in [2.75, 3.05) is 30.1 Å². The molecule has 0 aliphatic carbocycles. The second-order valence-electron chi connectivity index (χ2n) is 3.64. The van der Waals surface area contributed by atoms with Gasteiger partial charge in [0.1, 0.15) is 10.7 Å². The molecule has 1 unspecified atom stereocenters. The standard InChI is InChI=1S/C10H18N4OS2/c1-6(4-5-16-3)13-9(15)7-8(11)14-10(12-2)17-7/h6H,4-5,11H2,1-3H3,(H,12,14)(H,13,15). The third kappa shape index (κ3) is 4.08. The number of amides is 1. The zero-order chi connectivity index (χ0) is 12.8. The summed E-state index contributed by atoms with van der Waals surface area (Å²) in [6.45, 7) is 1.99. The Balaban J connectivity index is 2.59. The van der Waals surface area contributed by atoms with Gasteiger partial charge in [-0.25, -0.2) is 4.98 Å². The van der Waals surface area contributed by atoms with Gasteiger partial charge in [-0.2, -0.15) is 11.8 Å². The average molecular weight is 274 g/mol. The Labute approximate surface area is 110 Å². The van der Waals surface area contributed by atoms with Crippen LogP contribution < -0.4 is 16.4 Å². The number of nitrogens with two attached hydrogens (primary N) is 1. The molecule has 7 heteroatoms. The second-order valence-corrected chi connectivity index (χ2v) is 5.62. The lowest BCUT2D eigenvalue weighted by molar-refractivity contribution is 0.0944. The number of anilines is 2. The van der Waals surface area contributed by atoms with Gasteiger partial charge < -0.3 is 16.4 Å². The number of rotatable bonds is 6. The number of hydrogen-bond acceptors (Lipinski definition) is 6. The first-order valence-electron chi connectivity index (χ1n) is 5.32. The van der Waals surface area contributed by atoms with Crippen molar-refractivity contribution in [3.8, 4) is 0 Å². The van der Waals surface area contributed by atoms with Gasteiger partial charge in [0, 0.05) is 13.1 Å². The lowest BCUT2D eigenvalue weighted by atomic mass is 10.2. The Bertz CT molecular complexity index is 380. The molecule has 0 radical (unpaired) electrons. The minimum atomic E-state index is -0.143. The smallest absolute Gasteiger partial charge is 0.265 e. The first kappa shape index (κ1) is 14.1. The lowest BCUT2D eigenvalue weighted by Crippen LogP contribution is -2.32. The summed E-state index contributed by atoms with van der Waals surface area (Å²) in [5.74, 6) is 1.17. The van der Waals surface area contributed by atoms with E-state index >= 15 is 0 Å². The number of thioether (sulfide) groups is 1. The normalized spacial score (nSPS) is 12.2. The molecule has 5 nitrogen and oxygen atoms in total. The summed E-state index contributed by atoms with van der Waals surface area (Å²) in [6.07, 6.45) is 3.00. The van der Waals surface area contributed by atoms with Crippen LogP contribution in [-0.4, -0.2) is 36.0 Å². The van der Waals surface area contributed by atoms with Gasteiger partial charge in [-0.3, -0.25) is 4.79 Å². The highest BCUT2D eigenvalue weighted by molar-refractivity contribution is 7.98. The van der Waals surface area contributed by atoms with E-state index in [4.69, 9.17) is 5.73 Å². The molecule has 1 rings (SSSR count). The molecule has 0 bridgehead atoms. The van der Waals surface area contributed by atoms with E-state index in [0.717, 1.165) is 12.2 Å². The van der Waals surface area contributed by atoms with Crippen LogP contribution in [0, 0.1) is 0 Å². The summed E-state index contributed by atoms with van der Waals surface area (Å²) in [7, 11) is 1.75. The Morgan fingerprint density at radius 3 is 2.88 bits per heavy atom. The maximum Gasteiger partial charge on any atom is 0.265 e. The van der Waals surface area contributed by atoms with Crippen LogP contribution in [0.15, 0.2) is 0 Å². The molecule has 1 aromatic heterocycles. The van der Waals surface area contributed by atoms with Crippen molar-refractivity contribution < 1.29 is 4.79 Å². The summed E-state index contributed by atoms with van der Waals surface area (Å²) < 4.78 is 0. The topological polar surface area (TPSA) is 80.0 Å². The fourth-order valence-electron chi connectivity index (χ4n) is 1.26. The monoisotopic (exact) mass is 274 g/mol. The first-order chi connectivity index (χ1) is 8.08. The van der Waals surface area contributed by atoms with E-state index in [9.17, 15) is 4.79 Å². The third-order valence-electron chi connectivity index (χ3n) is 2.21. The van der Waals surface area contributed by atoms with Crippen molar-refractivity contribution in [2.45, 2.75) is 19.4 Å². The molecule has 0 saturated heterocycles. The van der Waals surface area contributed by atoms with E-state index in [1.165, 1.54) is 11.3 Å². The highest BCUT2D eigenvalue weighted by Gasteiger charge is 2.17. The van der Waals surface area contributed by atoms with Gasteiger partial charge in [0.25, 0.3) is 5.91 Å². The van der Waals surface area contributed by atoms with Crippen LogP contribution in [-0.2, 0) is 0 Å². The molecule has 17 heavy (non-hydrogen) atoms. The number of nitrogen functional groups attached to an aromatic ring is 1. The molecule has 1 amide bonds. The molecule has 0 fully saturated rings. The Morgan fingerprint density at radius 1 is 1.65 bits per heavy atom. The number of nitrogens with zero attached hydrogens (tertiary/aromatic N) is 1. The number of hydrogen-bond donors (Lipinski definition) is 3. The Kier molecular flexibility index (Phi) is 5.57. The van der Waals surface area contributed by atoms with E-state index in [2.05, 4.69) is 21.9 Å². The minimum absolute atomic E-state index is 0.143. The molecule has 0 aliphatic heterocycles. The summed E-state index contributed by atoms with van der Waals surface area (Å²) in [4.78, 5) is 16.4. The van der Waals surface area contributed by atoms with Crippen molar-refractivity contribution in [2.24, 2.45) is 0 Å². The van der Waals surface area contributed by atoms with Gasteiger partial charge in [0.2, 0.25) is 0 Å². The molecule has 0 spiro atoms. The molecule has 0 aliphatic rings. The number of carbonyl (C=O) groups excluding carboxylic acids is 1. The second kappa shape index (κ2) is 6.70. The molecule has 4 N–H and O–H groups in total. The fraction of sp³-hybridized carbons (Fsp3) is 0.600. The predicted molar refractivity (Wildman–Crippen MR) is 76.0 cm³/mol. The van der Waals surface area contributed by atoms with E-state index in [0.29, 0.717) is 10.0 Å². The zero-order valence-electron chi connectivity index (χ0n) is 10.2. The van der Waals surface area contributed by atoms with E-state index in [1.54, 1.807) is 18.8 Å². The number of thiazole rings is 1. The van der Waals surface area contributed by atoms with Crippen LogP contribution in [0.4, 0.5) is 10.9 Å². The lowest BCUT2D eigenvalue weighted by Gasteiger charge is -2.12. The van der Waals surface area contributed by atoms with Crippen molar-refractivity contribution in [1.82, 2.24) is 10.3 Å². The quantitative estimate of drug-likeness (QED) is 0.735. The summed E-state index contributed by atoms with van der Waals surface area (Å²) in [5, 5.41) is 6.45. The molecule has 0 saturated carbocycles. The highest BCUT2D eigenvalue weighted by atomic mass is 32.2. The zero-order valence-corrected chi connectivity index (χ0v) is 11.9. The van der Waals surface area contributed by atoms with E-state index in [-0.39, 0.29) is 17.8 Å². The van der Waals surface area contributed by atoms with Crippen LogP contribution >= 0.6 is 23.1 Å². The maximum absolute atomic E-state index is 11.9. The number of carbonyl (C=O) groups is 1. The fourth-order valence-corrected chi connectivity index (χ4v) is 2.59. The third-order valence-corrected chi connectivity index (χ3v) is 3.94. The van der Waals surface area contributed by atoms with Crippen molar-refractivity contribution in [3.05, 3.63) is 4.88 Å². The largest absolute Gasteiger partial charge is 0.382 e. The van der Waals surface area contributed by atoms with Crippen molar-refractivity contribution in [3.63, 3.8) is 0 Å². The summed E-state index contributed by atoms with van der Waals surface area (Å²) in [6, 6.07) is 0.148. The maximum atomic E-state index is 11.9. The van der Waals surface area contributed by atoms with Crippen molar-refractivity contribution in [1.29, 1.82) is 0 Å². The van der Waals surface area contributed by atoms with Gasteiger partial charge in [0.05, 0.1) is 0 Å². The van der Waals surface area contributed by atoms with Crippen LogP contribution in [0.1, 0.15) is 23.0 Å². The van der Waals surface area contributed by atoms with Crippen LogP contribution in [0.2, 0.25) is 0 Å². The summed E-state index contributed by atoms with van der Waals surface area (Å²) >= 11 is 3.04. The minimum Gasteiger partial charge on any atom is -0.382 e. The van der Waals surface area contributed by atoms with Crippen molar-refractivity contribution >= 4 is 40.0 Å². The van der Waals surface area contributed by atoms with Crippen LogP contribution in [0.25, 0.3) is 0 Å². The molecular weight excluding hydrogens is 256 g/mol. The number of nitrogens with one attached hydrogen (secondary N) is 2. The van der Waals surface area contributed by atoms with E-state index in [1.807, 2.05) is 6.92 Å². The Morgan fingerprint density at radius 2 is 2.35 bits per heavy atom. The molecule has 96 valence electrons. The van der Waals surface area contributed by atoms with Gasteiger partial charge in [-0.1, -0.05) is 11.3 Å². The van der Waals surface area contributed by atoms with Crippen LogP contribution in [0.5, 0.6) is 0 Å². The highest BCUT2D eigenvalue weighted by Crippen LogP contribution is 2.24. The molecule has 1 aromatic rings. The SMILES string of the molecule is CNc1nc(N)c(C(=O)NC(C)CCSC)s1. The first-order valence-corrected chi connectivity index (χ1v) is 7.53. The molecule has 0 aromatic carbocycles. The number of aromatic nitrogens is 1. The van der Waals surface area contributed by atoms with Gasteiger partial charge in [-0.05, 0) is 25.4 Å². The average Bonchev–Trinajstić information content (AvgIpc) is 2.68.